The van der Waals surface area contributed by atoms with Crippen molar-refractivity contribution in [2.45, 2.75) is 71.3 Å². The van der Waals surface area contributed by atoms with Crippen molar-refractivity contribution in [3.05, 3.63) is 35.9 Å². The fourth-order valence-corrected chi connectivity index (χ4v) is 4.13. The Morgan fingerprint density at radius 3 is 2.38 bits per heavy atom. The average Bonchev–Trinajstić information content (AvgIpc) is 2.55. The van der Waals surface area contributed by atoms with Crippen molar-refractivity contribution in [3.63, 3.8) is 0 Å². The van der Waals surface area contributed by atoms with Crippen LogP contribution in [0.25, 0.3) is 0 Å². The first-order valence-corrected chi connectivity index (χ1v) is 9.06. The van der Waals surface area contributed by atoms with Crippen LogP contribution >= 0.6 is 0 Å². The highest BCUT2D eigenvalue weighted by atomic mass is 14.9. The van der Waals surface area contributed by atoms with E-state index in [0.717, 1.165) is 30.3 Å². The zero-order chi connectivity index (χ0) is 15.1. The van der Waals surface area contributed by atoms with E-state index in [2.05, 4.69) is 56.4 Å². The minimum atomic E-state index is 0.746. The quantitative estimate of drug-likeness (QED) is 0.710. The molecule has 1 heteroatoms. The first kappa shape index (κ1) is 16.5. The van der Waals surface area contributed by atoms with Crippen molar-refractivity contribution in [3.8, 4) is 0 Å². The second-order valence-corrected chi connectivity index (χ2v) is 6.76. The van der Waals surface area contributed by atoms with Gasteiger partial charge in [0.1, 0.15) is 0 Å². The molecule has 1 aromatic rings. The molecule has 2 rings (SSSR count). The number of hydrogen-bond acceptors (Lipinski definition) is 1. The zero-order valence-electron chi connectivity index (χ0n) is 14.1. The molecule has 1 aliphatic rings. The standard InChI is InChI=1S/C20H33N/c1-4-16(5-2)14-19-15-18(12-13-20(19)21-6-3)17-10-8-7-9-11-17/h7-11,16,18-21H,4-6,12-15H2,1-3H3. The molecule has 0 bridgehead atoms. The Hall–Kier alpha value is -0.820. The van der Waals surface area contributed by atoms with Crippen LogP contribution in [0.5, 0.6) is 0 Å². The molecule has 118 valence electrons. The van der Waals surface area contributed by atoms with Crippen LogP contribution in [-0.2, 0) is 0 Å². The molecule has 3 unspecified atom stereocenters. The number of nitrogens with one attached hydrogen (secondary N) is 1. The van der Waals surface area contributed by atoms with E-state index in [1.807, 2.05) is 0 Å². The van der Waals surface area contributed by atoms with Gasteiger partial charge < -0.3 is 5.32 Å². The molecule has 0 aliphatic heterocycles. The van der Waals surface area contributed by atoms with Gasteiger partial charge in [-0.05, 0) is 55.5 Å². The minimum absolute atomic E-state index is 0.746. The van der Waals surface area contributed by atoms with Crippen molar-refractivity contribution >= 4 is 0 Å². The third-order valence-electron chi connectivity index (χ3n) is 5.51. The van der Waals surface area contributed by atoms with E-state index in [9.17, 15) is 0 Å². The molecule has 1 fully saturated rings. The van der Waals surface area contributed by atoms with Crippen LogP contribution < -0.4 is 5.32 Å². The Morgan fingerprint density at radius 2 is 1.76 bits per heavy atom. The lowest BCUT2D eigenvalue weighted by Crippen LogP contribution is -2.41. The van der Waals surface area contributed by atoms with E-state index >= 15 is 0 Å². The Kier molecular flexibility index (Phi) is 6.76. The van der Waals surface area contributed by atoms with Gasteiger partial charge in [0.05, 0.1) is 0 Å². The molecule has 1 nitrogen and oxygen atoms in total. The Bertz CT molecular complexity index is 382. The topological polar surface area (TPSA) is 12.0 Å². The van der Waals surface area contributed by atoms with Crippen LogP contribution in [0.4, 0.5) is 0 Å². The van der Waals surface area contributed by atoms with Crippen LogP contribution in [-0.4, -0.2) is 12.6 Å². The zero-order valence-corrected chi connectivity index (χ0v) is 14.1. The second-order valence-electron chi connectivity index (χ2n) is 6.76. The summed E-state index contributed by atoms with van der Waals surface area (Å²) in [4.78, 5) is 0. The van der Waals surface area contributed by atoms with Crippen LogP contribution in [0.2, 0.25) is 0 Å². The Balaban J connectivity index is 2.04. The van der Waals surface area contributed by atoms with Crippen molar-refractivity contribution < 1.29 is 0 Å². The van der Waals surface area contributed by atoms with Crippen LogP contribution in [0.1, 0.15) is 70.8 Å². The highest BCUT2D eigenvalue weighted by Gasteiger charge is 2.31. The molecule has 3 atom stereocenters. The van der Waals surface area contributed by atoms with Crippen LogP contribution in [0.3, 0.4) is 0 Å². The molecule has 0 aromatic heterocycles. The third kappa shape index (κ3) is 4.57. The fourth-order valence-electron chi connectivity index (χ4n) is 4.13. The first-order chi connectivity index (χ1) is 10.3. The average molecular weight is 287 g/mol. The van der Waals surface area contributed by atoms with Crippen LogP contribution in [0.15, 0.2) is 30.3 Å². The van der Waals surface area contributed by atoms with Gasteiger partial charge >= 0.3 is 0 Å². The smallest absolute Gasteiger partial charge is 0.00957 e. The predicted octanol–water partition coefficient (Wildman–Crippen LogP) is 5.37. The van der Waals surface area contributed by atoms with Crippen molar-refractivity contribution in [2.24, 2.45) is 11.8 Å². The SMILES string of the molecule is CCNC1CCC(c2ccccc2)CC1CC(CC)CC. The lowest BCUT2D eigenvalue weighted by Gasteiger charge is -2.38. The number of hydrogen-bond donors (Lipinski definition) is 1. The third-order valence-corrected chi connectivity index (χ3v) is 5.51. The predicted molar refractivity (Wildman–Crippen MR) is 92.7 cm³/mol. The molecule has 1 N–H and O–H groups in total. The molecule has 0 spiro atoms. The van der Waals surface area contributed by atoms with E-state index < -0.39 is 0 Å². The van der Waals surface area contributed by atoms with Crippen molar-refractivity contribution in [1.82, 2.24) is 5.32 Å². The summed E-state index contributed by atoms with van der Waals surface area (Å²) in [5, 5.41) is 3.76. The Morgan fingerprint density at radius 1 is 1.05 bits per heavy atom. The summed E-state index contributed by atoms with van der Waals surface area (Å²) in [5.74, 6) is 2.54. The van der Waals surface area contributed by atoms with Gasteiger partial charge in [0.2, 0.25) is 0 Å². The van der Waals surface area contributed by atoms with Gasteiger partial charge in [-0.15, -0.1) is 0 Å². The molecule has 1 aliphatic carbocycles. The first-order valence-electron chi connectivity index (χ1n) is 9.06. The summed E-state index contributed by atoms with van der Waals surface area (Å²) in [5.41, 5.74) is 1.56. The monoisotopic (exact) mass is 287 g/mol. The highest BCUT2D eigenvalue weighted by Crippen LogP contribution is 2.39. The summed E-state index contributed by atoms with van der Waals surface area (Å²) < 4.78 is 0. The van der Waals surface area contributed by atoms with Gasteiger partial charge in [-0.3, -0.25) is 0 Å². The van der Waals surface area contributed by atoms with Crippen molar-refractivity contribution in [2.75, 3.05) is 6.54 Å². The summed E-state index contributed by atoms with van der Waals surface area (Å²) in [7, 11) is 0. The van der Waals surface area contributed by atoms with Crippen LogP contribution in [0, 0.1) is 11.8 Å². The van der Waals surface area contributed by atoms with Crippen molar-refractivity contribution in [1.29, 1.82) is 0 Å². The summed E-state index contributed by atoms with van der Waals surface area (Å²) >= 11 is 0. The molecule has 0 heterocycles. The molecule has 0 saturated heterocycles. The molecule has 21 heavy (non-hydrogen) atoms. The fraction of sp³-hybridized carbons (Fsp3) is 0.700. The molecule has 1 saturated carbocycles. The maximum absolute atomic E-state index is 3.76. The largest absolute Gasteiger partial charge is 0.314 e. The number of benzene rings is 1. The van der Waals surface area contributed by atoms with Gasteiger partial charge in [0.15, 0.2) is 0 Å². The lowest BCUT2D eigenvalue weighted by atomic mass is 9.71. The van der Waals surface area contributed by atoms with E-state index in [0.29, 0.717) is 0 Å². The van der Waals surface area contributed by atoms with E-state index in [4.69, 9.17) is 0 Å². The normalized spacial score (nSPS) is 26.2. The molecule has 0 amide bonds. The number of rotatable bonds is 7. The van der Waals surface area contributed by atoms with E-state index in [1.54, 1.807) is 5.56 Å². The Labute approximate surface area is 131 Å². The van der Waals surface area contributed by atoms with E-state index in [-0.39, 0.29) is 0 Å². The summed E-state index contributed by atoms with van der Waals surface area (Å²) in [6.07, 6.45) is 8.15. The van der Waals surface area contributed by atoms with Gasteiger partial charge in [0, 0.05) is 6.04 Å². The molecule has 0 radical (unpaired) electrons. The lowest BCUT2D eigenvalue weighted by molar-refractivity contribution is 0.199. The maximum Gasteiger partial charge on any atom is 0.00957 e. The molecular weight excluding hydrogens is 254 g/mol. The van der Waals surface area contributed by atoms with Gasteiger partial charge in [0.25, 0.3) is 0 Å². The maximum atomic E-state index is 3.76. The second kappa shape index (κ2) is 8.58. The molecular formula is C20H33N. The van der Waals surface area contributed by atoms with Gasteiger partial charge in [-0.2, -0.15) is 0 Å². The molecule has 1 aromatic carbocycles. The summed E-state index contributed by atoms with van der Waals surface area (Å²) in [6, 6.07) is 11.9. The summed E-state index contributed by atoms with van der Waals surface area (Å²) in [6.45, 7) is 8.07. The highest BCUT2D eigenvalue weighted by molar-refractivity contribution is 5.20. The minimum Gasteiger partial charge on any atom is -0.314 e. The van der Waals surface area contributed by atoms with E-state index in [1.165, 1.54) is 38.5 Å². The van der Waals surface area contributed by atoms with Gasteiger partial charge in [-0.1, -0.05) is 63.9 Å². The van der Waals surface area contributed by atoms with Gasteiger partial charge in [-0.25, -0.2) is 0 Å².